The molecule has 0 radical (unpaired) electrons. The van der Waals surface area contributed by atoms with Gasteiger partial charge in [0.05, 0.1) is 5.56 Å². The molecule has 1 amide bonds. The van der Waals surface area contributed by atoms with Crippen molar-refractivity contribution in [1.82, 2.24) is 4.90 Å². The number of benzene rings is 1. The van der Waals surface area contributed by atoms with Crippen molar-refractivity contribution in [1.29, 1.82) is 0 Å². The fourth-order valence-corrected chi connectivity index (χ4v) is 3.53. The van der Waals surface area contributed by atoms with Gasteiger partial charge in [-0.3, -0.25) is 4.79 Å². The van der Waals surface area contributed by atoms with Crippen molar-refractivity contribution in [2.45, 2.75) is 26.4 Å². The number of aryl methyl sites for hydroxylation is 1. The van der Waals surface area contributed by atoms with Crippen LogP contribution >= 0.6 is 11.3 Å². The number of nitrogens with one attached hydrogen (secondary N) is 1. The van der Waals surface area contributed by atoms with Gasteiger partial charge >= 0.3 is 0 Å². The van der Waals surface area contributed by atoms with Gasteiger partial charge in [-0.1, -0.05) is 19.1 Å². The minimum absolute atomic E-state index is 0.0453. The SMILES string of the molecule is CCCN1C(=O)c2ccccc2N[C@@H]1c1ccc(C)s1. The number of hydrogen-bond donors (Lipinski definition) is 1. The first-order valence-corrected chi connectivity index (χ1v) is 7.75. The van der Waals surface area contributed by atoms with Gasteiger partial charge in [0.1, 0.15) is 6.17 Å². The summed E-state index contributed by atoms with van der Waals surface area (Å²) in [5.41, 5.74) is 1.70. The van der Waals surface area contributed by atoms with Crippen LogP contribution in [0.1, 0.15) is 39.6 Å². The Hall–Kier alpha value is -1.81. The molecule has 1 aromatic heterocycles. The molecule has 3 rings (SSSR count). The summed E-state index contributed by atoms with van der Waals surface area (Å²) in [6.07, 6.45) is 0.909. The molecule has 4 heteroatoms. The van der Waals surface area contributed by atoms with E-state index in [0.29, 0.717) is 0 Å². The third-order valence-electron chi connectivity index (χ3n) is 3.52. The van der Waals surface area contributed by atoms with Gasteiger partial charge in [0.15, 0.2) is 0 Å². The number of nitrogens with zero attached hydrogens (tertiary/aromatic N) is 1. The monoisotopic (exact) mass is 286 g/mol. The highest BCUT2D eigenvalue weighted by molar-refractivity contribution is 7.12. The Labute approximate surface area is 123 Å². The van der Waals surface area contributed by atoms with Crippen LogP contribution in [0.15, 0.2) is 36.4 Å². The van der Waals surface area contributed by atoms with Crippen LogP contribution in [0.5, 0.6) is 0 Å². The lowest BCUT2D eigenvalue weighted by atomic mass is 10.1. The molecule has 20 heavy (non-hydrogen) atoms. The van der Waals surface area contributed by atoms with Crippen LogP contribution in [0, 0.1) is 6.92 Å². The molecule has 3 nitrogen and oxygen atoms in total. The topological polar surface area (TPSA) is 32.3 Å². The molecule has 0 spiro atoms. The molecular formula is C16H18N2OS. The van der Waals surface area contributed by atoms with E-state index in [2.05, 4.69) is 31.3 Å². The van der Waals surface area contributed by atoms with E-state index in [1.165, 1.54) is 9.75 Å². The van der Waals surface area contributed by atoms with E-state index < -0.39 is 0 Å². The van der Waals surface area contributed by atoms with Crippen LogP contribution in [-0.4, -0.2) is 17.4 Å². The summed E-state index contributed by atoms with van der Waals surface area (Å²) >= 11 is 1.74. The summed E-state index contributed by atoms with van der Waals surface area (Å²) in [6.45, 7) is 4.96. The van der Waals surface area contributed by atoms with E-state index in [0.717, 1.165) is 24.2 Å². The van der Waals surface area contributed by atoms with Crippen LogP contribution in [0.25, 0.3) is 0 Å². The standard InChI is InChI=1S/C16H18N2OS/c1-3-10-18-15(14-9-8-11(2)20-14)17-13-7-5-4-6-12(13)16(18)19/h4-9,15,17H,3,10H2,1-2H3/t15-/m0/s1. The quantitative estimate of drug-likeness (QED) is 0.923. The molecule has 1 aliphatic rings. The summed E-state index contributed by atoms with van der Waals surface area (Å²) in [4.78, 5) is 17.1. The molecule has 104 valence electrons. The molecule has 1 aliphatic heterocycles. The van der Waals surface area contributed by atoms with Crippen LogP contribution in [0.4, 0.5) is 5.69 Å². The minimum Gasteiger partial charge on any atom is -0.360 e. The Kier molecular flexibility index (Phi) is 3.49. The van der Waals surface area contributed by atoms with Crippen molar-refractivity contribution in [2.24, 2.45) is 0 Å². The summed E-state index contributed by atoms with van der Waals surface area (Å²) in [5, 5.41) is 3.51. The molecule has 0 unspecified atom stereocenters. The molecule has 1 N–H and O–H groups in total. The summed E-state index contributed by atoms with van der Waals surface area (Å²) < 4.78 is 0. The van der Waals surface area contributed by atoms with Gasteiger partial charge in [-0.25, -0.2) is 0 Å². The molecular weight excluding hydrogens is 268 g/mol. The number of thiophene rings is 1. The zero-order valence-electron chi connectivity index (χ0n) is 11.7. The fraction of sp³-hybridized carbons (Fsp3) is 0.312. The van der Waals surface area contributed by atoms with Crippen LogP contribution in [-0.2, 0) is 0 Å². The Balaban J connectivity index is 2.03. The summed E-state index contributed by atoms with van der Waals surface area (Å²) in [6, 6.07) is 12.0. The molecule has 0 aliphatic carbocycles. The molecule has 0 saturated carbocycles. The highest BCUT2D eigenvalue weighted by Crippen LogP contribution is 2.35. The van der Waals surface area contributed by atoms with E-state index in [-0.39, 0.29) is 12.1 Å². The smallest absolute Gasteiger partial charge is 0.257 e. The maximum absolute atomic E-state index is 12.7. The molecule has 0 fully saturated rings. The number of hydrogen-bond acceptors (Lipinski definition) is 3. The number of anilines is 1. The second-order valence-corrected chi connectivity index (χ2v) is 6.36. The van der Waals surface area contributed by atoms with E-state index >= 15 is 0 Å². The lowest BCUT2D eigenvalue weighted by molar-refractivity contribution is 0.0686. The summed E-state index contributed by atoms with van der Waals surface area (Å²) in [5.74, 6) is 0.122. The highest BCUT2D eigenvalue weighted by Gasteiger charge is 2.32. The molecule has 2 heterocycles. The first kappa shape index (κ1) is 13.2. The van der Waals surface area contributed by atoms with Crippen molar-refractivity contribution in [3.05, 3.63) is 51.7 Å². The Bertz CT molecular complexity index is 635. The van der Waals surface area contributed by atoms with Crippen LogP contribution in [0.2, 0.25) is 0 Å². The van der Waals surface area contributed by atoms with Crippen LogP contribution < -0.4 is 5.32 Å². The van der Waals surface area contributed by atoms with Gasteiger partial charge < -0.3 is 10.2 Å². The number of rotatable bonds is 3. The number of amides is 1. The summed E-state index contributed by atoms with van der Waals surface area (Å²) in [7, 11) is 0. The van der Waals surface area contributed by atoms with Crippen molar-refractivity contribution in [3.63, 3.8) is 0 Å². The third-order valence-corrected chi connectivity index (χ3v) is 4.57. The van der Waals surface area contributed by atoms with Crippen molar-refractivity contribution < 1.29 is 4.79 Å². The van der Waals surface area contributed by atoms with Crippen molar-refractivity contribution >= 4 is 22.9 Å². The second kappa shape index (κ2) is 5.29. The fourth-order valence-electron chi connectivity index (χ4n) is 2.59. The largest absolute Gasteiger partial charge is 0.360 e. The van der Waals surface area contributed by atoms with E-state index in [1.54, 1.807) is 11.3 Å². The van der Waals surface area contributed by atoms with Crippen LogP contribution in [0.3, 0.4) is 0 Å². The predicted molar refractivity (Wildman–Crippen MR) is 83.2 cm³/mol. The molecule has 1 atom stereocenters. The Morgan fingerprint density at radius 3 is 2.75 bits per heavy atom. The number of carbonyl (C=O) groups is 1. The van der Waals surface area contributed by atoms with Gasteiger partial charge in [0.25, 0.3) is 5.91 Å². The highest BCUT2D eigenvalue weighted by atomic mass is 32.1. The number of fused-ring (bicyclic) bond motifs is 1. The van der Waals surface area contributed by atoms with E-state index in [9.17, 15) is 4.79 Å². The maximum Gasteiger partial charge on any atom is 0.257 e. The Morgan fingerprint density at radius 1 is 1.25 bits per heavy atom. The molecule has 1 aromatic carbocycles. The predicted octanol–water partition coefficient (Wildman–Crippen LogP) is 4.03. The zero-order valence-corrected chi connectivity index (χ0v) is 12.5. The lowest BCUT2D eigenvalue weighted by Gasteiger charge is -2.37. The first-order valence-electron chi connectivity index (χ1n) is 6.93. The number of para-hydroxylation sites is 1. The van der Waals surface area contributed by atoms with Gasteiger partial charge in [-0.05, 0) is 37.6 Å². The van der Waals surface area contributed by atoms with Crippen molar-refractivity contribution in [2.75, 3.05) is 11.9 Å². The van der Waals surface area contributed by atoms with Gasteiger partial charge in [0, 0.05) is 22.0 Å². The van der Waals surface area contributed by atoms with E-state index in [1.807, 2.05) is 29.2 Å². The number of carbonyl (C=O) groups excluding carboxylic acids is 1. The Morgan fingerprint density at radius 2 is 2.05 bits per heavy atom. The second-order valence-electron chi connectivity index (χ2n) is 5.04. The normalized spacial score (nSPS) is 17.8. The van der Waals surface area contributed by atoms with Gasteiger partial charge in [-0.2, -0.15) is 0 Å². The average molecular weight is 286 g/mol. The minimum atomic E-state index is -0.0453. The average Bonchev–Trinajstić information content (AvgIpc) is 2.88. The zero-order chi connectivity index (χ0) is 14.1. The lowest BCUT2D eigenvalue weighted by Crippen LogP contribution is -2.42. The van der Waals surface area contributed by atoms with E-state index in [4.69, 9.17) is 0 Å². The van der Waals surface area contributed by atoms with Gasteiger partial charge in [0.2, 0.25) is 0 Å². The maximum atomic E-state index is 12.7. The molecule has 0 saturated heterocycles. The van der Waals surface area contributed by atoms with Crippen molar-refractivity contribution in [3.8, 4) is 0 Å². The first-order chi connectivity index (χ1) is 9.70. The van der Waals surface area contributed by atoms with Gasteiger partial charge in [-0.15, -0.1) is 11.3 Å². The third kappa shape index (κ3) is 2.20. The molecule has 0 bridgehead atoms. The molecule has 2 aromatic rings.